The minimum absolute atomic E-state index is 0.0149. The summed E-state index contributed by atoms with van der Waals surface area (Å²) >= 11 is 0. The molecule has 150 valence electrons. The van der Waals surface area contributed by atoms with E-state index in [1.807, 2.05) is 18.7 Å². The lowest BCUT2D eigenvalue weighted by Crippen LogP contribution is -2.56. The number of carbonyl (C=O) groups excluding carboxylic acids is 2. The van der Waals surface area contributed by atoms with Crippen LogP contribution >= 0.6 is 0 Å². The average Bonchev–Trinajstić information content (AvgIpc) is 2.61. The van der Waals surface area contributed by atoms with E-state index < -0.39 is 17.7 Å². The Morgan fingerprint density at radius 1 is 1.37 bits per heavy atom. The Kier molecular flexibility index (Phi) is 7.67. The normalized spacial score (nSPS) is 17.9. The van der Waals surface area contributed by atoms with Gasteiger partial charge >= 0.3 is 0 Å². The van der Waals surface area contributed by atoms with Crippen molar-refractivity contribution >= 4 is 11.8 Å². The number of nitrogens with one attached hydrogen (secondary N) is 1. The number of piperazine rings is 1. The van der Waals surface area contributed by atoms with Crippen LogP contribution in [0.2, 0.25) is 0 Å². The van der Waals surface area contributed by atoms with Gasteiger partial charge in [0, 0.05) is 39.3 Å². The molecule has 2 rings (SSSR count). The highest BCUT2D eigenvalue weighted by molar-refractivity contribution is 5.89. The fourth-order valence-corrected chi connectivity index (χ4v) is 3.19. The minimum Gasteiger partial charge on any atom is -0.383 e. The molecule has 1 fully saturated rings. The fourth-order valence-electron chi connectivity index (χ4n) is 3.19. The predicted molar refractivity (Wildman–Crippen MR) is 96.9 cm³/mol. The molecule has 1 aliphatic heterocycles. The maximum atomic E-state index is 13.5. The van der Waals surface area contributed by atoms with E-state index in [-0.39, 0.29) is 30.8 Å². The molecule has 1 heterocycles. The van der Waals surface area contributed by atoms with Crippen LogP contribution in [0.3, 0.4) is 0 Å². The summed E-state index contributed by atoms with van der Waals surface area (Å²) in [6.45, 7) is 5.93. The van der Waals surface area contributed by atoms with Gasteiger partial charge in [0.1, 0.15) is 0 Å². The summed E-state index contributed by atoms with van der Waals surface area (Å²) in [5.74, 6) is -2.20. The van der Waals surface area contributed by atoms with Gasteiger partial charge in [-0.15, -0.1) is 0 Å². The molecular weight excluding hydrogens is 356 g/mol. The summed E-state index contributed by atoms with van der Waals surface area (Å²) < 4.78 is 31.7. The lowest BCUT2D eigenvalue weighted by Gasteiger charge is -2.36. The summed E-state index contributed by atoms with van der Waals surface area (Å²) in [6, 6.07) is 3.02. The largest absolute Gasteiger partial charge is 0.383 e. The monoisotopic (exact) mass is 383 g/mol. The van der Waals surface area contributed by atoms with E-state index in [2.05, 4.69) is 5.32 Å². The van der Waals surface area contributed by atoms with E-state index in [1.54, 1.807) is 12.0 Å². The van der Waals surface area contributed by atoms with Crippen LogP contribution in [-0.4, -0.2) is 67.0 Å². The van der Waals surface area contributed by atoms with Crippen LogP contribution in [0.1, 0.15) is 25.8 Å². The molecule has 1 N–H and O–H groups in total. The molecule has 0 bridgehead atoms. The first kappa shape index (κ1) is 21.2. The van der Waals surface area contributed by atoms with Crippen molar-refractivity contribution in [1.29, 1.82) is 0 Å². The number of benzene rings is 1. The third-order valence-electron chi connectivity index (χ3n) is 4.66. The lowest BCUT2D eigenvalue weighted by molar-refractivity contribution is -0.140. The van der Waals surface area contributed by atoms with Crippen LogP contribution in [-0.2, 0) is 20.9 Å². The van der Waals surface area contributed by atoms with Crippen LogP contribution in [0.25, 0.3) is 0 Å². The molecule has 6 nitrogen and oxygen atoms in total. The maximum Gasteiger partial charge on any atom is 0.237 e. The molecule has 2 amide bonds. The zero-order valence-corrected chi connectivity index (χ0v) is 16.0. The van der Waals surface area contributed by atoms with E-state index >= 15 is 0 Å². The van der Waals surface area contributed by atoms with Gasteiger partial charge in [-0.05, 0) is 31.5 Å². The number of carbonyl (C=O) groups is 2. The average molecular weight is 383 g/mol. The highest BCUT2D eigenvalue weighted by Crippen LogP contribution is 2.17. The summed E-state index contributed by atoms with van der Waals surface area (Å²) in [6.07, 6.45) is 0.0252. The second-order valence-corrected chi connectivity index (χ2v) is 6.90. The number of amides is 2. The van der Waals surface area contributed by atoms with Gasteiger partial charge in [0.2, 0.25) is 11.8 Å². The lowest BCUT2D eigenvalue weighted by atomic mass is 10.1. The number of rotatable bonds is 8. The van der Waals surface area contributed by atoms with Crippen LogP contribution in [0.4, 0.5) is 8.78 Å². The van der Waals surface area contributed by atoms with Gasteiger partial charge < -0.3 is 15.0 Å². The third kappa shape index (κ3) is 5.71. The van der Waals surface area contributed by atoms with Gasteiger partial charge in [-0.3, -0.25) is 14.5 Å². The van der Waals surface area contributed by atoms with E-state index in [1.165, 1.54) is 6.07 Å². The van der Waals surface area contributed by atoms with E-state index in [0.29, 0.717) is 31.8 Å². The molecular formula is C19H27F2N3O3. The summed E-state index contributed by atoms with van der Waals surface area (Å²) in [5.41, 5.74) is 0.557. The molecule has 8 heteroatoms. The quantitative estimate of drug-likeness (QED) is 0.740. The van der Waals surface area contributed by atoms with Gasteiger partial charge in [0.05, 0.1) is 19.1 Å². The molecule has 1 atom stereocenters. The van der Waals surface area contributed by atoms with Gasteiger partial charge in [-0.25, -0.2) is 8.78 Å². The van der Waals surface area contributed by atoms with Crippen LogP contribution in [0, 0.1) is 11.6 Å². The molecule has 0 saturated carbocycles. The number of ether oxygens (including phenoxy) is 1. The van der Waals surface area contributed by atoms with Crippen molar-refractivity contribution in [3.63, 3.8) is 0 Å². The molecule has 1 aliphatic rings. The number of hydrogen-bond acceptors (Lipinski definition) is 4. The number of halogens is 2. The first-order valence-electron chi connectivity index (χ1n) is 9.07. The van der Waals surface area contributed by atoms with E-state index in [9.17, 15) is 18.4 Å². The van der Waals surface area contributed by atoms with Crippen molar-refractivity contribution in [2.75, 3.05) is 33.4 Å². The molecule has 27 heavy (non-hydrogen) atoms. The van der Waals surface area contributed by atoms with E-state index in [0.717, 1.165) is 12.1 Å². The molecule has 1 aromatic carbocycles. The van der Waals surface area contributed by atoms with Crippen molar-refractivity contribution in [3.05, 3.63) is 35.4 Å². The minimum atomic E-state index is -0.924. The van der Waals surface area contributed by atoms with Crippen molar-refractivity contribution in [2.24, 2.45) is 0 Å². The SMILES string of the molecule is COCCN(C(=O)CC1C(=O)NCCN1Cc1ccc(F)c(F)c1)C(C)C. The first-order chi connectivity index (χ1) is 12.8. The molecule has 0 spiro atoms. The van der Waals surface area contributed by atoms with E-state index in [4.69, 9.17) is 4.74 Å². The van der Waals surface area contributed by atoms with Gasteiger partial charge in [-0.1, -0.05) is 6.07 Å². The Labute approximate surface area is 158 Å². The predicted octanol–water partition coefficient (Wildman–Crippen LogP) is 1.54. The zero-order chi connectivity index (χ0) is 20.0. The molecule has 1 aromatic rings. The first-order valence-corrected chi connectivity index (χ1v) is 9.07. The topological polar surface area (TPSA) is 61.9 Å². The third-order valence-corrected chi connectivity index (χ3v) is 4.66. The van der Waals surface area contributed by atoms with Crippen molar-refractivity contribution < 1.29 is 23.1 Å². The standard InChI is InChI=1S/C19H27F2N3O3/c1-13(2)24(8-9-27-3)18(25)11-17-19(26)22-6-7-23(17)12-14-4-5-15(20)16(21)10-14/h4-5,10,13,17H,6-9,11-12H2,1-3H3,(H,22,26). The number of hydrogen-bond donors (Lipinski definition) is 1. The Bertz CT molecular complexity index is 670. The van der Waals surface area contributed by atoms with Gasteiger partial charge in [0.25, 0.3) is 0 Å². The van der Waals surface area contributed by atoms with Gasteiger partial charge in [-0.2, -0.15) is 0 Å². The highest BCUT2D eigenvalue weighted by atomic mass is 19.2. The fraction of sp³-hybridized carbons (Fsp3) is 0.579. The molecule has 0 aliphatic carbocycles. The highest BCUT2D eigenvalue weighted by Gasteiger charge is 2.33. The molecule has 1 unspecified atom stereocenters. The van der Waals surface area contributed by atoms with Crippen molar-refractivity contribution in [3.8, 4) is 0 Å². The molecule has 1 saturated heterocycles. The molecule has 0 radical (unpaired) electrons. The molecule has 0 aromatic heterocycles. The Morgan fingerprint density at radius 3 is 2.74 bits per heavy atom. The summed E-state index contributed by atoms with van der Waals surface area (Å²) in [5, 5.41) is 2.77. The summed E-state index contributed by atoms with van der Waals surface area (Å²) in [4.78, 5) is 28.6. The number of nitrogens with zero attached hydrogens (tertiary/aromatic N) is 2. The Morgan fingerprint density at radius 2 is 2.11 bits per heavy atom. The van der Waals surface area contributed by atoms with Gasteiger partial charge in [0.15, 0.2) is 11.6 Å². The van der Waals surface area contributed by atoms with Crippen molar-refractivity contribution in [1.82, 2.24) is 15.1 Å². The smallest absolute Gasteiger partial charge is 0.237 e. The van der Waals surface area contributed by atoms with Crippen LogP contribution in [0.5, 0.6) is 0 Å². The number of methoxy groups -OCH3 is 1. The Balaban J connectivity index is 2.11. The van der Waals surface area contributed by atoms with Crippen LogP contribution in [0.15, 0.2) is 18.2 Å². The summed E-state index contributed by atoms with van der Waals surface area (Å²) in [7, 11) is 1.57. The second kappa shape index (κ2) is 9.75. The van der Waals surface area contributed by atoms with Crippen molar-refractivity contribution in [2.45, 2.75) is 38.9 Å². The second-order valence-electron chi connectivity index (χ2n) is 6.90. The Hall–Kier alpha value is -2.06. The van der Waals surface area contributed by atoms with Crippen LogP contribution < -0.4 is 5.32 Å². The maximum absolute atomic E-state index is 13.5. The zero-order valence-electron chi connectivity index (χ0n) is 16.0.